The summed E-state index contributed by atoms with van der Waals surface area (Å²) in [5.74, 6) is -0.582. The van der Waals surface area contributed by atoms with E-state index in [1.54, 1.807) is 0 Å². The lowest BCUT2D eigenvalue weighted by Crippen LogP contribution is -1.93. The minimum atomic E-state index is -1.000. The molecule has 1 aromatic carbocycles. The molecule has 1 N–H and O–H groups in total. The number of para-hydroxylation sites is 1. The van der Waals surface area contributed by atoms with E-state index in [2.05, 4.69) is 4.98 Å². The van der Waals surface area contributed by atoms with Gasteiger partial charge in [0.05, 0.1) is 12.6 Å². The van der Waals surface area contributed by atoms with E-state index in [1.807, 2.05) is 30.3 Å². The van der Waals surface area contributed by atoms with E-state index in [4.69, 9.17) is 9.84 Å². The summed E-state index contributed by atoms with van der Waals surface area (Å²) in [6, 6.07) is 9.44. The first kappa shape index (κ1) is 11.1. The standard InChI is InChI=1S/C13H11NO3/c1-17-13-10(6-7-12(15)16)8-9-4-2-3-5-11(9)14-13/h2-8H,1H3,(H,15,16)/b7-6-. The van der Waals surface area contributed by atoms with Crippen LogP contribution in [0.25, 0.3) is 17.0 Å². The van der Waals surface area contributed by atoms with Crippen LogP contribution in [0, 0.1) is 0 Å². The Morgan fingerprint density at radius 3 is 2.88 bits per heavy atom. The lowest BCUT2D eigenvalue weighted by Gasteiger charge is -2.05. The van der Waals surface area contributed by atoms with Crippen LogP contribution in [0.15, 0.2) is 36.4 Å². The van der Waals surface area contributed by atoms with Crippen molar-refractivity contribution in [2.75, 3.05) is 7.11 Å². The third-order valence-electron chi connectivity index (χ3n) is 2.32. The predicted molar refractivity (Wildman–Crippen MR) is 65.0 cm³/mol. The summed E-state index contributed by atoms with van der Waals surface area (Å²) in [5.41, 5.74) is 1.46. The molecule has 4 nitrogen and oxygen atoms in total. The van der Waals surface area contributed by atoms with E-state index in [-0.39, 0.29) is 0 Å². The molecule has 1 heterocycles. The van der Waals surface area contributed by atoms with E-state index < -0.39 is 5.97 Å². The highest BCUT2D eigenvalue weighted by atomic mass is 16.5. The summed E-state index contributed by atoms with van der Waals surface area (Å²) in [7, 11) is 1.51. The SMILES string of the molecule is COc1nc2ccccc2cc1/C=C\C(=O)O. The number of nitrogens with zero attached hydrogens (tertiary/aromatic N) is 1. The monoisotopic (exact) mass is 229 g/mol. The Morgan fingerprint density at radius 2 is 2.18 bits per heavy atom. The summed E-state index contributed by atoms with van der Waals surface area (Å²) >= 11 is 0. The van der Waals surface area contributed by atoms with Crippen LogP contribution in [0.2, 0.25) is 0 Å². The van der Waals surface area contributed by atoms with E-state index >= 15 is 0 Å². The Labute approximate surface area is 98.2 Å². The van der Waals surface area contributed by atoms with Crippen LogP contribution in [-0.2, 0) is 4.79 Å². The molecule has 0 atom stereocenters. The zero-order chi connectivity index (χ0) is 12.3. The molecule has 4 heteroatoms. The number of methoxy groups -OCH3 is 1. The molecule has 0 saturated carbocycles. The van der Waals surface area contributed by atoms with Crippen molar-refractivity contribution in [1.82, 2.24) is 4.98 Å². The highest BCUT2D eigenvalue weighted by Crippen LogP contribution is 2.23. The number of carboxylic acid groups (broad SMARTS) is 1. The predicted octanol–water partition coefficient (Wildman–Crippen LogP) is 2.34. The van der Waals surface area contributed by atoms with Gasteiger partial charge in [-0.25, -0.2) is 9.78 Å². The molecule has 0 fully saturated rings. The number of rotatable bonds is 3. The lowest BCUT2D eigenvalue weighted by molar-refractivity contribution is -0.131. The van der Waals surface area contributed by atoms with E-state index in [9.17, 15) is 4.79 Å². The lowest BCUT2D eigenvalue weighted by atomic mass is 10.1. The summed E-state index contributed by atoms with van der Waals surface area (Å²) in [4.78, 5) is 14.8. The molecule has 2 aromatic rings. The molecule has 0 saturated heterocycles. The second-order valence-electron chi connectivity index (χ2n) is 3.45. The first-order valence-electron chi connectivity index (χ1n) is 5.05. The number of aromatic nitrogens is 1. The molecule has 17 heavy (non-hydrogen) atoms. The molecule has 0 aliphatic rings. The van der Waals surface area contributed by atoms with Crippen LogP contribution < -0.4 is 4.74 Å². The second kappa shape index (κ2) is 4.65. The molecule has 0 spiro atoms. The molecule has 0 unspecified atom stereocenters. The van der Waals surface area contributed by atoms with Crippen molar-refractivity contribution < 1.29 is 14.6 Å². The van der Waals surface area contributed by atoms with Gasteiger partial charge < -0.3 is 9.84 Å². The van der Waals surface area contributed by atoms with Crippen molar-refractivity contribution in [3.8, 4) is 5.88 Å². The Hall–Kier alpha value is -2.36. The van der Waals surface area contributed by atoms with Crippen molar-refractivity contribution in [3.63, 3.8) is 0 Å². The van der Waals surface area contributed by atoms with E-state index in [0.29, 0.717) is 11.4 Å². The number of hydrogen-bond acceptors (Lipinski definition) is 3. The van der Waals surface area contributed by atoms with Gasteiger partial charge >= 0.3 is 5.97 Å². The number of pyridine rings is 1. The summed E-state index contributed by atoms with van der Waals surface area (Å²) in [5, 5.41) is 9.55. The molecule has 2 rings (SSSR count). The van der Waals surface area contributed by atoms with E-state index in [0.717, 1.165) is 17.0 Å². The third-order valence-corrected chi connectivity index (χ3v) is 2.32. The van der Waals surface area contributed by atoms with Crippen LogP contribution in [0.3, 0.4) is 0 Å². The van der Waals surface area contributed by atoms with Gasteiger partial charge in [-0.3, -0.25) is 0 Å². The van der Waals surface area contributed by atoms with E-state index in [1.165, 1.54) is 13.2 Å². The minimum absolute atomic E-state index is 0.418. The average molecular weight is 229 g/mol. The maximum Gasteiger partial charge on any atom is 0.328 e. The minimum Gasteiger partial charge on any atom is -0.481 e. The molecule has 0 bridgehead atoms. The Balaban J connectivity index is 2.56. The number of carbonyl (C=O) groups is 1. The maximum absolute atomic E-state index is 10.5. The molecule has 0 aliphatic heterocycles. The van der Waals surface area contributed by atoms with Gasteiger partial charge in [-0.1, -0.05) is 18.2 Å². The number of aliphatic carboxylic acids is 1. The molecular weight excluding hydrogens is 218 g/mol. The van der Waals surface area contributed by atoms with Crippen LogP contribution in [-0.4, -0.2) is 23.2 Å². The average Bonchev–Trinajstić information content (AvgIpc) is 2.35. The number of fused-ring (bicyclic) bond motifs is 1. The number of benzene rings is 1. The molecule has 0 amide bonds. The van der Waals surface area contributed by atoms with Crippen molar-refractivity contribution in [2.24, 2.45) is 0 Å². The number of hydrogen-bond donors (Lipinski definition) is 1. The smallest absolute Gasteiger partial charge is 0.328 e. The Morgan fingerprint density at radius 1 is 1.41 bits per heavy atom. The molecule has 0 radical (unpaired) electrons. The first-order valence-corrected chi connectivity index (χ1v) is 5.05. The highest BCUT2D eigenvalue weighted by molar-refractivity contribution is 5.88. The first-order chi connectivity index (χ1) is 8.20. The number of carboxylic acids is 1. The van der Waals surface area contributed by atoms with Gasteiger partial charge in [0.2, 0.25) is 5.88 Å². The fraction of sp³-hybridized carbons (Fsp3) is 0.0769. The van der Waals surface area contributed by atoms with Crippen LogP contribution in [0.5, 0.6) is 5.88 Å². The fourth-order valence-electron chi connectivity index (χ4n) is 1.56. The Kier molecular flexibility index (Phi) is 3.05. The van der Waals surface area contributed by atoms with Gasteiger partial charge in [0, 0.05) is 17.0 Å². The van der Waals surface area contributed by atoms with Gasteiger partial charge in [-0.2, -0.15) is 0 Å². The van der Waals surface area contributed by atoms with Gasteiger partial charge in [0.15, 0.2) is 0 Å². The van der Waals surface area contributed by atoms with Crippen molar-refractivity contribution in [1.29, 1.82) is 0 Å². The normalized spacial score (nSPS) is 10.9. The molecular formula is C13H11NO3. The molecule has 1 aromatic heterocycles. The molecule has 0 aliphatic carbocycles. The third kappa shape index (κ3) is 2.42. The summed E-state index contributed by atoms with van der Waals surface area (Å²) in [6.07, 6.45) is 2.54. The van der Waals surface area contributed by atoms with Crippen LogP contribution in [0.4, 0.5) is 0 Å². The maximum atomic E-state index is 10.5. The topological polar surface area (TPSA) is 59.4 Å². The second-order valence-corrected chi connectivity index (χ2v) is 3.45. The summed E-state index contributed by atoms with van der Waals surface area (Å²) in [6.45, 7) is 0. The van der Waals surface area contributed by atoms with Crippen molar-refractivity contribution >= 4 is 22.9 Å². The zero-order valence-corrected chi connectivity index (χ0v) is 9.25. The zero-order valence-electron chi connectivity index (χ0n) is 9.25. The molecule has 86 valence electrons. The van der Waals surface area contributed by atoms with Gasteiger partial charge in [0.1, 0.15) is 0 Å². The van der Waals surface area contributed by atoms with Gasteiger partial charge in [0.25, 0.3) is 0 Å². The van der Waals surface area contributed by atoms with Crippen LogP contribution in [0.1, 0.15) is 5.56 Å². The summed E-state index contributed by atoms with van der Waals surface area (Å²) < 4.78 is 5.13. The Bertz CT molecular complexity index is 590. The van der Waals surface area contributed by atoms with Gasteiger partial charge in [-0.05, 0) is 18.2 Å². The van der Waals surface area contributed by atoms with Gasteiger partial charge in [-0.15, -0.1) is 0 Å². The fourth-order valence-corrected chi connectivity index (χ4v) is 1.56. The largest absolute Gasteiger partial charge is 0.481 e. The quantitative estimate of drug-likeness (QED) is 0.820. The van der Waals surface area contributed by atoms with Crippen molar-refractivity contribution in [2.45, 2.75) is 0 Å². The van der Waals surface area contributed by atoms with Crippen molar-refractivity contribution in [3.05, 3.63) is 42.0 Å². The number of ether oxygens (including phenoxy) is 1. The van der Waals surface area contributed by atoms with Crippen LogP contribution >= 0.6 is 0 Å². The highest BCUT2D eigenvalue weighted by Gasteiger charge is 2.04.